The summed E-state index contributed by atoms with van der Waals surface area (Å²) in [5, 5.41) is 7.76. The van der Waals surface area contributed by atoms with Gasteiger partial charge in [0, 0.05) is 31.5 Å². The van der Waals surface area contributed by atoms with Crippen molar-refractivity contribution in [3.63, 3.8) is 0 Å². The number of rotatable bonds is 5. The van der Waals surface area contributed by atoms with Crippen LogP contribution in [0.25, 0.3) is 10.4 Å². The molecular weight excluding hydrogens is 594 g/mol. The Morgan fingerprint density at radius 3 is 2.70 bits per heavy atom. The van der Waals surface area contributed by atoms with Gasteiger partial charge in [-0.2, -0.15) is 0 Å². The van der Waals surface area contributed by atoms with E-state index < -0.39 is 0 Å². The Labute approximate surface area is 214 Å². The highest BCUT2D eigenvalue weighted by atomic mass is 79.9. The third-order valence-electron chi connectivity index (χ3n) is 4.78. The maximum Gasteiger partial charge on any atom is 0.188 e. The summed E-state index contributed by atoms with van der Waals surface area (Å²) < 4.78 is 0. The first kappa shape index (κ1) is 27.2. The molecule has 1 saturated heterocycles. The van der Waals surface area contributed by atoms with Gasteiger partial charge in [0.25, 0.3) is 0 Å². The lowest BCUT2D eigenvalue weighted by molar-refractivity contribution is 0.308. The molecule has 1 fully saturated rings. The Hall–Kier alpha value is -0.840. The van der Waals surface area contributed by atoms with Crippen molar-refractivity contribution in [3.8, 4) is 10.4 Å². The molecule has 1 aliphatic rings. The van der Waals surface area contributed by atoms with Crippen molar-refractivity contribution in [2.24, 2.45) is 5.92 Å². The van der Waals surface area contributed by atoms with E-state index in [2.05, 4.69) is 51.8 Å². The third-order valence-corrected chi connectivity index (χ3v) is 5.74. The van der Waals surface area contributed by atoms with E-state index in [-0.39, 0.29) is 50.9 Å². The number of nitrogens with one attached hydrogen (secondary N) is 2. The molecule has 0 bridgehead atoms. The number of aromatic nitrogens is 2. The number of thiazole rings is 1. The highest BCUT2D eigenvalue weighted by molar-refractivity contribution is 8.93. The topological polar surface area (TPSA) is 53.1 Å². The monoisotopic (exact) mass is 619 g/mol. The van der Waals surface area contributed by atoms with E-state index in [0.29, 0.717) is 5.92 Å². The Morgan fingerprint density at radius 2 is 1.90 bits per heavy atom. The second kappa shape index (κ2) is 13.5. The highest BCUT2D eigenvalue weighted by Crippen LogP contribution is 2.30. The summed E-state index contributed by atoms with van der Waals surface area (Å²) in [7, 11) is 2.19. The van der Waals surface area contributed by atoms with Crippen LogP contribution in [0, 0.1) is 5.92 Å². The lowest BCUT2D eigenvalue weighted by Crippen LogP contribution is -2.27. The van der Waals surface area contributed by atoms with Crippen molar-refractivity contribution < 1.29 is 0 Å². The standard InChI is InChI=1S/C21H25N5S.3BrH/c1-26-11-10-22-13-16(15-26)12-18-8-5-9-20(24-18)25-21-23-14-19(27-21)17-6-3-2-4-7-17;;;/h2-9,14,16,22H,10-13,15H2,1H3,(H,23,24,25);3*1H. The van der Waals surface area contributed by atoms with Gasteiger partial charge in [-0.15, -0.1) is 50.9 Å². The van der Waals surface area contributed by atoms with Crippen molar-refractivity contribution in [1.29, 1.82) is 0 Å². The average Bonchev–Trinajstić information content (AvgIpc) is 3.05. The summed E-state index contributed by atoms with van der Waals surface area (Å²) >= 11 is 1.65. The SMILES string of the molecule is Br.Br.Br.CN1CCNCC(Cc2cccc(Nc3ncc(-c4ccccc4)s3)n2)C1. The number of hydrogen-bond donors (Lipinski definition) is 2. The predicted molar refractivity (Wildman–Crippen MR) is 144 cm³/mol. The van der Waals surface area contributed by atoms with Gasteiger partial charge in [-0.05, 0) is 43.6 Å². The fourth-order valence-electron chi connectivity index (χ4n) is 3.45. The zero-order valence-electron chi connectivity index (χ0n) is 16.8. The van der Waals surface area contributed by atoms with Crippen LogP contribution in [0.5, 0.6) is 0 Å². The summed E-state index contributed by atoms with van der Waals surface area (Å²) in [6.45, 7) is 4.34. The van der Waals surface area contributed by atoms with Crippen molar-refractivity contribution in [2.75, 3.05) is 38.5 Å². The van der Waals surface area contributed by atoms with E-state index in [1.54, 1.807) is 11.3 Å². The summed E-state index contributed by atoms with van der Waals surface area (Å²) in [6.07, 6.45) is 2.90. The fraction of sp³-hybridized carbons (Fsp3) is 0.333. The van der Waals surface area contributed by atoms with Crippen LogP contribution in [0.1, 0.15) is 5.69 Å². The van der Waals surface area contributed by atoms with Crippen molar-refractivity contribution in [2.45, 2.75) is 6.42 Å². The van der Waals surface area contributed by atoms with Crippen molar-refractivity contribution in [3.05, 3.63) is 60.4 Å². The van der Waals surface area contributed by atoms with Crippen LogP contribution in [0.3, 0.4) is 0 Å². The van der Waals surface area contributed by atoms with Gasteiger partial charge in [-0.25, -0.2) is 9.97 Å². The Bertz CT molecular complexity index is 878. The molecule has 9 heteroatoms. The van der Waals surface area contributed by atoms with Crippen LogP contribution in [0.4, 0.5) is 10.9 Å². The van der Waals surface area contributed by atoms with Crippen LogP contribution in [0.15, 0.2) is 54.7 Å². The molecule has 164 valence electrons. The number of halogens is 3. The normalized spacial score (nSPS) is 16.4. The first-order valence-corrected chi connectivity index (χ1v) is 10.2. The van der Waals surface area contributed by atoms with Crippen LogP contribution < -0.4 is 10.6 Å². The smallest absolute Gasteiger partial charge is 0.188 e. The number of benzene rings is 1. The van der Waals surface area contributed by atoms with Crippen LogP contribution >= 0.6 is 62.3 Å². The van der Waals surface area contributed by atoms with Gasteiger partial charge in [-0.3, -0.25) is 0 Å². The molecule has 0 aliphatic carbocycles. The van der Waals surface area contributed by atoms with E-state index in [9.17, 15) is 0 Å². The van der Waals surface area contributed by atoms with E-state index in [1.807, 2.05) is 30.5 Å². The Balaban J connectivity index is 0.00000150. The Kier molecular flexibility index (Phi) is 12.3. The molecule has 0 radical (unpaired) electrons. The third kappa shape index (κ3) is 7.69. The molecule has 0 spiro atoms. The van der Waals surface area contributed by atoms with Crippen LogP contribution in [0.2, 0.25) is 0 Å². The van der Waals surface area contributed by atoms with Crippen molar-refractivity contribution in [1.82, 2.24) is 20.2 Å². The van der Waals surface area contributed by atoms with E-state index in [4.69, 9.17) is 4.98 Å². The average molecular weight is 622 g/mol. The fourth-order valence-corrected chi connectivity index (χ4v) is 4.27. The van der Waals surface area contributed by atoms with Gasteiger partial charge < -0.3 is 15.5 Å². The van der Waals surface area contributed by atoms with Gasteiger partial charge in [0.1, 0.15) is 5.82 Å². The molecule has 3 heterocycles. The molecule has 1 unspecified atom stereocenters. The molecule has 1 aromatic carbocycles. The van der Waals surface area contributed by atoms with Crippen molar-refractivity contribution >= 4 is 73.2 Å². The van der Waals surface area contributed by atoms with Gasteiger partial charge >= 0.3 is 0 Å². The second-order valence-corrected chi connectivity index (χ2v) is 8.10. The van der Waals surface area contributed by atoms with Gasteiger partial charge in [0.15, 0.2) is 5.13 Å². The number of hydrogen-bond acceptors (Lipinski definition) is 6. The van der Waals surface area contributed by atoms with Crippen LogP contribution in [-0.2, 0) is 6.42 Å². The lowest BCUT2D eigenvalue weighted by atomic mass is 10.0. The van der Waals surface area contributed by atoms with E-state index in [1.165, 1.54) is 5.56 Å². The molecule has 5 nitrogen and oxygen atoms in total. The Morgan fingerprint density at radius 1 is 1.10 bits per heavy atom. The number of nitrogens with zero attached hydrogens (tertiary/aromatic N) is 3. The minimum atomic E-state index is 0. The summed E-state index contributed by atoms with van der Waals surface area (Å²) in [5.41, 5.74) is 2.32. The minimum Gasteiger partial charge on any atom is -0.316 e. The van der Waals surface area contributed by atoms with Gasteiger partial charge in [0.2, 0.25) is 0 Å². The molecule has 0 saturated carbocycles. The zero-order chi connectivity index (χ0) is 18.5. The van der Waals surface area contributed by atoms with Gasteiger partial charge in [-0.1, -0.05) is 47.7 Å². The zero-order valence-corrected chi connectivity index (χ0v) is 22.7. The van der Waals surface area contributed by atoms with Crippen LogP contribution in [-0.4, -0.2) is 48.1 Å². The molecule has 0 amide bonds. The molecule has 2 aromatic heterocycles. The molecule has 2 N–H and O–H groups in total. The summed E-state index contributed by atoms with van der Waals surface area (Å²) in [4.78, 5) is 12.9. The minimum absolute atomic E-state index is 0. The quantitative estimate of drug-likeness (QED) is 0.401. The lowest BCUT2D eigenvalue weighted by Gasteiger charge is -2.19. The van der Waals surface area contributed by atoms with E-state index in [0.717, 1.165) is 54.1 Å². The molecule has 3 aromatic rings. The highest BCUT2D eigenvalue weighted by Gasteiger charge is 2.16. The first-order valence-electron chi connectivity index (χ1n) is 9.40. The second-order valence-electron chi connectivity index (χ2n) is 7.07. The predicted octanol–water partition coefficient (Wildman–Crippen LogP) is 5.38. The molecule has 1 atom stereocenters. The molecule has 4 rings (SSSR count). The van der Waals surface area contributed by atoms with E-state index >= 15 is 0 Å². The molecule has 1 aliphatic heterocycles. The van der Waals surface area contributed by atoms with Gasteiger partial charge in [0.05, 0.1) is 4.88 Å². The number of anilines is 2. The molecular formula is C21H28Br3N5S. The molecule has 30 heavy (non-hydrogen) atoms. The maximum atomic E-state index is 4.81. The first-order chi connectivity index (χ1) is 13.3. The largest absolute Gasteiger partial charge is 0.316 e. The number of likely N-dealkylation sites (N-methyl/N-ethyl adjacent to an activating group) is 1. The maximum absolute atomic E-state index is 4.81. The summed E-state index contributed by atoms with van der Waals surface area (Å²) in [5.74, 6) is 1.45. The summed E-state index contributed by atoms with van der Waals surface area (Å²) in [6, 6.07) is 16.5. The number of pyridine rings is 1.